The molecule has 0 radical (unpaired) electrons. The first-order chi connectivity index (χ1) is 11.0. The average molecular weight is 339 g/mol. The Morgan fingerprint density at radius 2 is 1.78 bits per heavy atom. The molecule has 0 aromatic heterocycles. The molecule has 0 atom stereocenters. The van der Waals surface area contributed by atoms with Crippen molar-refractivity contribution in [2.24, 2.45) is 0 Å². The average Bonchev–Trinajstić information content (AvgIpc) is 2.54. The highest BCUT2D eigenvalue weighted by atomic mass is 32.2. The molecule has 2 aromatic carbocycles. The van der Waals surface area contributed by atoms with Crippen molar-refractivity contribution < 1.29 is 18.0 Å². The summed E-state index contributed by atoms with van der Waals surface area (Å²) in [6.07, 6.45) is -3.70. The molecule has 0 fully saturated rings. The van der Waals surface area contributed by atoms with Gasteiger partial charge in [-0.1, -0.05) is 24.3 Å². The van der Waals surface area contributed by atoms with Crippen molar-refractivity contribution >= 4 is 17.7 Å². The number of carbonyl (C=O) groups excluding carboxylic acids is 1. The number of carbonyl (C=O) groups is 1. The lowest BCUT2D eigenvalue weighted by molar-refractivity contribution is -0.137. The summed E-state index contributed by atoms with van der Waals surface area (Å²) in [6, 6.07) is 14.3. The number of benzene rings is 2. The molecule has 2 rings (SSSR count). The highest BCUT2D eigenvalue weighted by molar-refractivity contribution is 7.99. The summed E-state index contributed by atoms with van der Waals surface area (Å²) < 4.78 is 37.8. The molecule has 0 saturated heterocycles. The van der Waals surface area contributed by atoms with Crippen LogP contribution in [0.3, 0.4) is 0 Å². The third-order valence-corrected chi connectivity index (χ3v) is 4.17. The van der Waals surface area contributed by atoms with Crippen LogP contribution in [0.25, 0.3) is 0 Å². The zero-order valence-electron chi connectivity index (χ0n) is 12.3. The molecule has 0 spiro atoms. The SMILES string of the molecule is O=C(NCCCSc1ccccc1)c1cccc(C(F)(F)F)c1. The van der Waals surface area contributed by atoms with Gasteiger partial charge in [0.05, 0.1) is 5.56 Å². The lowest BCUT2D eigenvalue weighted by atomic mass is 10.1. The second kappa shape index (κ2) is 8.06. The predicted octanol–water partition coefficient (Wildman–Crippen LogP) is 4.62. The van der Waals surface area contributed by atoms with Crippen LogP contribution >= 0.6 is 11.8 Å². The number of rotatable bonds is 6. The van der Waals surface area contributed by atoms with Gasteiger partial charge in [-0.05, 0) is 42.5 Å². The lowest BCUT2D eigenvalue weighted by Gasteiger charge is -2.09. The van der Waals surface area contributed by atoms with E-state index in [-0.39, 0.29) is 5.56 Å². The number of alkyl halides is 3. The third-order valence-electron chi connectivity index (χ3n) is 3.07. The molecule has 6 heteroatoms. The van der Waals surface area contributed by atoms with Gasteiger partial charge in [-0.3, -0.25) is 4.79 Å². The zero-order valence-corrected chi connectivity index (χ0v) is 13.1. The smallest absolute Gasteiger partial charge is 0.352 e. The van der Waals surface area contributed by atoms with Crippen molar-refractivity contribution in [3.8, 4) is 0 Å². The fraction of sp³-hybridized carbons (Fsp3) is 0.235. The van der Waals surface area contributed by atoms with E-state index in [0.29, 0.717) is 6.54 Å². The highest BCUT2D eigenvalue weighted by Gasteiger charge is 2.30. The van der Waals surface area contributed by atoms with Crippen LogP contribution in [-0.4, -0.2) is 18.2 Å². The Hall–Kier alpha value is -1.95. The van der Waals surface area contributed by atoms with Crippen molar-refractivity contribution in [2.75, 3.05) is 12.3 Å². The summed E-state index contributed by atoms with van der Waals surface area (Å²) in [7, 11) is 0. The minimum atomic E-state index is -4.44. The molecule has 122 valence electrons. The first kappa shape index (κ1) is 17.4. The Balaban J connectivity index is 1.77. The molecule has 0 heterocycles. The number of amides is 1. The van der Waals surface area contributed by atoms with Crippen LogP contribution in [0.5, 0.6) is 0 Å². The Labute approximate surface area is 137 Å². The van der Waals surface area contributed by atoms with E-state index in [2.05, 4.69) is 5.32 Å². The van der Waals surface area contributed by atoms with Crippen molar-refractivity contribution in [1.29, 1.82) is 0 Å². The van der Waals surface area contributed by atoms with Gasteiger partial charge in [0.2, 0.25) is 0 Å². The molecule has 23 heavy (non-hydrogen) atoms. The van der Waals surface area contributed by atoms with Crippen LogP contribution in [0.4, 0.5) is 13.2 Å². The van der Waals surface area contributed by atoms with Gasteiger partial charge < -0.3 is 5.32 Å². The Kier molecular flexibility index (Phi) is 6.10. The van der Waals surface area contributed by atoms with Gasteiger partial charge in [0.25, 0.3) is 5.91 Å². The fourth-order valence-electron chi connectivity index (χ4n) is 1.92. The van der Waals surface area contributed by atoms with E-state index >= 15 is 0 Å². The van der Waals surface area contributed by atoms with E-state index in [1.807, 2.05) is 30.3 Å². The Morgan fingerprint density at radius 1 is 1.04 bits per heavy atom. The fourth-order valence-corrected chi connectivity index (χ4v) is 2.79. The highest BCUT2D eigenvalue weighted by Crippen LogP contribution is 2.29. The van der Waals surface area contributed by atoms with Gasteiger partial charge in [0, 0.05) is 17.0 Å². The van der Waals surface area contributed by atoms with Crippen LogP contribution in [0, 0.1) is 0 Å². The van der Waals surface area contributed by atoms with Crippen molar-refractivity contribution in [2.45, 2.75) is 17.5 Å². The monoisotopic (exact) mass is 339 g/mol. The van der Waals surface area contributed by atoms with Crippen LogP contribution in [0.2, 0.25) is 0 Å². The van der Waals surface area contributed by atoms with Crippen LogP contribution < -0.4 is 5.32 Å². The summed E-state index contributed by atoms with van der Waals surface area (Å²) in [5, 5.41) is 2.64. The molecule has 0 aliphatic heterocycles. The molecule has 2 aromatic rings. The number of hydrogen-bond donors (Lipinski definition) is 1. The maximum Gasteiger partial charge on any atom is 0.416 e. The summed E-state index contributed by atoms with van der Waals surface area (Å²) in [5.41, 5.74) is -0.791. The van der Waals surface area contributed by atoms with Gasteiger partial charge in [-0.15, -0.1) is 11.8 Å². The van der Waals surface area contributed by atoms with Gasteiger partial charge >= 0.3 is 6.18 Å². The molecular formula is C17H16F3NOS. The van der Waals surface area contributed by atoms with E-state index in [4.69, 9.17) is 0 Å². The van der Waals surface area contributed by atoms with E-state index in [0.717, 1.165) is 29.2 Å². The van der Waals surface area contributed by atoms with Crippen LogP contribution in [0.15, 0.2) is 59.5 Å². The number of thioether (sulfide) groups is 1. The topological polar surface area (TPSA) is 29.1 Å². The van der Waals surface area contributed by atoms with Gasteiger partial charge in [0.1, 0.15) is 0 Å². The molecular weight excluding hydrogens is 323 g/mol. The van der Waals surface area contributed by atoms with E-state index in [9.17, 15) is 18.0 Å². The predicted molar refractivity (Wildman–Crippen MR) is 85.6 cm³/mol. The Bertz CT molecular complexity index is 644. The summed E-state index contributed by atoms with van der Waals surface area (Å²) in [6.45, 7) is 0.426. The zero-order chi connectivity index (χ0) is 16.7. The maximum atomic E-state index is 12.6. The van der Waals surface area contributed by atoms with E-state index in [1.54, 1.807) is 11.8 Å². The summed E-state index contributed by atoms with van der Waals surface area (Å²) in [4.78, 5) is 13.0. The maximum absolute atomic E-state index is 12.6. The van der Waals surface area contributed by atoms with Crippen molar-refractivity contribution in [3.63, 3.8) is 0 Å². The second-order valence-electron chi connectivity index (χ2n) is 4.85. The van der Waals surface area contributed by atoms with Gasteiger partial charge in [-0.25, -0.2) is 0 Å². The lowest BCUT2D eigenvalue weighted by Crippen LogP contribution is -2.25. The van der Waals surface area contributed by atoms with Gasteiger partial charge in [-0.2, -0.15) is 13.2 Å². The molecule has 0 aliphatic rings. The molecule has 0 aliphatic carbocycles. The van der Waals surface area contributed by atoms with Crippen LogP contribution in [-0.2, 0) is 6.18 Å². The Morgan fingerprint density at radius 3 is 2.48 bits per heavy atom. The second-order valence-corrected chi connectivity index (χ2v) is 6.02. The van der Waals surface area contributed by atoms with Crippen molar-refractivity contribution in [3.05, 3.63) is 65.7 Å². The third kappa shape index (κ3) is 5.63. The normalized spacial score (nSPS) is 11.3. The molecule has 0 saturated carbocycles. The largest absolute Gasteiger partial charge is 0.416 e. The van der Waals surface area contributed by atoms with Gasteiger partial charge in [0.15, 0.2) is 0 Å². The minimum absolute atomic E-state index is 0.0236. The first-order valence-electron chi connectivity index (χ1n) is 7.10. The minimum Gasteiger partial charge on any atom is -0.352 e. The van der Waals surface area contributed by atoms with E-state index in [1.165, 1.54) is 12.1 Å². The first-order valence-corrected chi connectivity index (χ1v) is 8.09. The molecule has 1 amide bonds. The number of nitrogens with one attached hydrogen (secondary N) is 1. The number of hydrogen-bond acceptors (Lipinski definition) is 2. The standard InChI is InChI=1S/C17H16F3NOS/c18-17(19,20)14-7-4-6-13(12-14)16(22)21-10-5-11-23-15-8-2-1-3-9-15/h1-4,6-9,12H,5,10-11H2,(H,21,22). The molecule has 1 N–H and O–H groups in total. The van der Waals surface area contributed by atoms with E-state index < -0.39 is 17.6 Å². The summed E-state index contributed by atoms with van der Waals surface area (Å²) >= 11 is 1.67. The quantitative estimate of drug-likeness (QED) is 0.615. The van der Waals surface area contributed by atoms with Crippen LogP contribution in [0.1, 0.15) is 22.3 Å². The molecule has 0 unspecified atom stereocenters. The number of halogens is 3. The molecule has 2 nitrogen and oxygen atoms in total. The van der Waals surface area contributed by atoms with Crippen molar-refractivity contribution in [1.82, 2.24) is 5.32 Å². The summed E-state index contributed by atoms with van der Waals surface area (Å²) in [5.74, 6) is 0.341. The molecule has 0 bridgehead atoms.